The van der Waals surface area contributed by atoms with Crippen molar-refractivity contribution in [1.29, 1.82) is 0 Å². The van der Waals surface area contributed by atoms with Gasteiger partial charge in [-0.1, -0.05) is 0 Å². The summed E-state index contributed by atoms with van der Waals surface area (Å²) < 4.78 is 10.6. The van der Waals surface area contributed by atoms with Gasteiger partial charge in [0.2, 0.25) is 0 Å². The first kappa shape index (κ1) is 12.9. The summed E-state index contributed by atoms with van der Waals surface area (Å²) in [6.45, 7) is 5.18. The van der Waals surface area contributed by atoms with Crippen LogP contribution in [-0.2, 0) is 4.74 Å². The summed E-state index contributed by atoms with van der Waals surface area (Å²) in [6, 6.07) is -0.171. The third-order valence-electron chi connectivity index (χ3n) is 3.54. The number of nitrogens with one attached hydrogen (secondary N) is 1. The lowest BCUT2D eigenvalue weighted by molar-refractivity contribution is -0.00444. The van der Waals surface area contributed by atoms with Gasteiger partial charge >= 0.3 is 0 Å². The number of morpholine rings is 1. The van der Waals surface area contributed by atoms with Crippen molar-refractivity contribution in [3.05, 3.63) is 35.3 Å². The van der Waals surface area contributed by atoms with Crippen molar-refractivity contribution in [2.45, 2.75) is 19.9 Å². The minimum atomic E-state index is -0.171. The van der Waals surface area contributed by atoms with Crippen LogP contribution < -0.4 is 0 Å². The van der Waals surface area contributed by atoms with Gasteiger partial charge in [0.1, 0.15) is 5.76 Å². The van der Waals surface area contributed by atoms with E-state index in [0.29, 0.717) is 31.2 Å². The Morgan fingerprint density at radius 1 is 1.50 bits per heavy atom. The molecule has 0 saturated carbocycles. The fraction of sp³-hybridized carbons (Fsp3) is 0.462. The summed E-state index contributed by atoms with van der Waals surface area (Å²) in [5.41, 5.74) is 2.27. The smallest absolute Gasteiger partial charge is 0.276 e. The molecule has 1 N–H and O–H groups in total. The highest BCUT2D eigenvalue weighted by Gasteiger charge is 2.33. The molecule has 1 amide bonds. The van der Waals surface area contributed by atoms with E-state index in [9.17, 15) is 4.79 Å². The number of carbonyl (C=O) groups excluding carboxylic acids is 1. The molecule has 0 bridgehead atoms. The van der Waals surface area contributed by atoms with E-state index in [0.717, 1.165) is 11.3 Å². The van der Waals surface area contributed by atoms with Crippen LogP contribution >= 0.6 is 0 Å². The van der Waals surface area contributed by atoms with E-state index in [-0.39, 0.29) is 11.9 Å². The van der Waals surface area contributed by atoms with Crippen LogP contribution in [0.15, 0.2) is 17.0 Å². The summed E-state index contributed by atoms with van der Waals surface area (Å²) in [7, 11) is 0. The number of rotatable bonds is 2. The molecule has 2 aromatic heterocycles. The van der Waals surface area contributed by atoms with Gasteiger partial charge in [0.15, 0.2) is 12.1 Å². The van der Waals surface area contributed by atoms with E-state index >= 15 is 0 Å². The Hall–Kier alpha value is -2.15. The fourth-order valence-corrected chi connectivity index (χ4v) is 2.43. The minimum Gasteiger partial charge on any atom is -0.448 e. The Morgan fingerprint density at radius 3 is 3.00 bits per heavy atom. The molecule has 1 unspecified atom stereocenters. The number of aromatic amines is 1. The second-order valence-corrected chi connectivity index (χ2v) is 4.81. The minimum absolute atomic E-state index is 0.140. The zero-order valence-electron chi connectivity index (χ0n) is 11.4. The lowest BCUT2D eigenvalue weighted by atomic mass is 10.1. The largest absolute Gasteiger partial charge is 0.448 e. The summed E-state index contributed by atoms with van der Waals surface area (Å²) in [4.78, 5) is 18.4. The number of carbonyl (C=O) groups is 1. The van der Waals surface area contributed by atoms with Crippen molar-refractivity contribution in [3.8, 4) is 0 Å². The monoisotopic (exact) mass is 276 g/mol. The van der Waals surface area contributed by atoms with Crippen LogP contribution in [0.5, 0.6) is 0 Å². The number of oxazole rings is 1. The average molecular weight is 276 g/mol. The topological polar surface area (TPSA) is 84.2 Å². The van der Waals surface area contributed by atoms with Crippen molar-refractivity contribution in [2.24, 2.45) is 0 Å². The van der Waals surface area contributed by atoms with Crippen LogP contribution in [0.3, 0.4) is 0 Å². The molecule has 2 aromatic rings. The zero-order chi connectivity index (χ0) is 14.1. The molecule has 3 rings (SSSR count). The van der Waals surface area contributed by atoms with Gasteiger partial charge in [-0.25, -0.2) is 4.98 Å². The van der Waals surface area contributed by atoms with Gasteiger partial charge in [0, 0.05) is 6.54 Å². The highest BCUT2D eigenvalue weighted by molar-refractivity contribution is 5.93. The van der Waals surface area contributed by atoms with Gasteiger partial charge in [0.25, 0.3) is 5.91 Å². The highest BCUT2D eigenvalue weighted by Crippen LogP contribution is 2.26. The van der Waals surface area contributed by atoms with Crippen LogP contribution in [-0.4, -0.2) is 45.7 Å². The Kier molecular flexibility index (Phi) is 3.27. The van der Waals surface area contributed by atoms with E-state index in [2.05, 4.69) is 15.2 Å². The number of nitrogens with zero attached hydrogens (tertiary/aromatic N) is 3. The highest BCUT2D eigenvalue weighted by atomic mass is 16.5. The molecule has 1 aliphatic heterocycles. The van der Waals surface area contributed by atoms with Crippen molar-refractivity contribution in [2.75, 3.05) is 19.8 Å². The number of ether oxygens (including phenoxy) is 1. The molecule has 3 heterocycles. The molecule has 0 spiro atoms. The molecular formula is C13H16N4O3. The van der Waals surface area contributed by atoms with Gasteiger partial charge in [-0.2, -0.15) is 5.10 Å². The van der Waals surface area contributed by atoms with E-state index in [1.807, 2.05) is 6.92 Å². The van der Waals surface area contributed by atoms with Crippen molar-refractivity contribution < 1.29 is 13.9 Å². The molecule has 1 fully saturated rings. The number of hydrogen-bond acceptors (Lipinski definition) is 5. The molecule has 7 heteroatoms. The first-order chi connectivity index (χ1) is 9.68. The first-order valence-corrected chi connectivity index (χ1v) is 6.47. The van der Waals surface area contributed by atoms with Gasteiger partial charge < -0.3 is 14.1 Å². The van der Waals surface area contributed by atoms with E-state index in [4.69, 9.17) is 9.15 Å². The summed E-state index contributed by atoms with van der Waals surface area (Å²) >= 11 is 0. The molecule has 0 aliphatic carbocycles. The molecule has 20 heavy (non-hydrogen) atoms. The Balaban J connectivity index is 1.92. The van der Waals surface area contributed by atoms with E-state index in [1.165, 1.54) is 6.39 Å². The molecule has 106 valence electrons. The van der Waals surface area contributed by atoms with Gasteiger partial charge in [-0.15, -0.1) is 0 Å². The van der Waals surface area contributed by atoms with Gasteiger partial charge in [-0.05, 0) is 19.4 Å². The third kappa shape index (κ3) is 2.09. The molecular weight excluding hydrogens is 260 g/mol. The second kappa shape index (κ2) is 5.09. The predicted octanol–water partition coefficient (Wildman–Crippen LogP) is 1.23. The Labute approximate surface area is 115 Å². The Morgan fingerprint density at radius 2 is 2.35 bits per heavy atom. The number of aryl methyl sites for hydroxylation is 2. The maximum absolute atomic E-state index is 12.6. The number of H-pyrrole nitrogens is 1. The number of hydrogen-bond donors (Lipinski definition) is 1. The lowest BCUT2D eigenvalue weighted by Crippen LogP contribution is -2.44. The first-order valence-electron chi connectivity index (χ1n) is 6.47. The molecule has 1 saturated heterocycles. The van der Waals surface area contributed by atoms with Crippen molar-refractivity contribution in [3.63, 3.8) is 0 Å². The molecule has 1 aliphatic rings. The summed E-state index contributed by atoms with van der Waals surface area (Å²) in [5.74, 6) is 0.389. The maximum atomic E-state index is 12.6. The Bertz CT molecular complexity index is 619. The normalized spacial score (nSPS) is 19.3. The van der Waals surface area contributed by atoms with Crippen LogP contribution in [0.2, 0.25) is 0 Å². The fourth-order valence-electron chi connectivity index (χ4n) is 2.43. The van der Waals surface area contributed by atoms with Crippen LogP contribution in [0.4, 0.5) is 0 Å². The molecule has 7 nitrogen and oxygen atoms in total. The van der Waals surface area contributed by atoms with Crippen LogP contribution in [0.1, 0.15) is 33.5 Å². The predicted molar refractivity (Wildman–Crippen MR) is 69.2 cm³/mol. The van der Waals surface area contributed by atoms with Crippen LogP contribution in [0, 0.1) is 13.8 Å². The summed E-state index contributed by atoms with van der Waals surface area (Å²) in [5, 5.41) is 6.97. The van der Waals surface area contributed by atoms with Crippen molar-refractivity contribution >= 4 is 5.91 Å². The molecule has 1 atom stereocenters. The van der Waals surface area contributed by atoms with Gasteiger partial charge in [0.05, 0.1) is 31.1 Å². The maximum Gasteiger partial charge on any atom is 0.276 e. The standard InChI is InChI=1S/C13H16N4O3/c1-8-5-15-16-11(8)10-6-19-4-3-17(10)13(18)12-9(2)20-7-14-12/h5,7,10H,3-4,6H2,1-2H3,(H,15,16). The average Bonchev–Trinajstić information content (AvgIpc) is 3.06. The number of aromatic nitrogens is 3. The quantitative estimate of drug-likeness (QED) is 0.891. The number of amides is 1. The summed E-state index contributed by atoms with van der Waals surface area (Å²) in [6.07, 6.45) is 3.04. The molecule has 0 radical (unpaired) electrons. The van der Waals surface area contributed by atoms with Gasteiger partial charge in [-0.3, -0.25) is 9.89 Å². The third-order valence-corrected chi connectivity index (χ3v) is 3.54. The molecule has 0 aromatic carbocycles. The zero-order valence-corrected chi connectivity index (χ0v) is 11.4. The SMILES string of the molecule is Cc1cn[nH]c1C1COCCN1C(=O)c1ncoc1C. The van der Waals surface area contributed by atoms with Crippen molar-refractivity contribution in [1.82, 2.24) is 20.1 Å². The second-order valence-electron chi connectivity index (χ2n) is 4.81. The van der Waals surface area contributed by atoms with Crippen LogP contribution in [0.25, 0.3) is 0 Å². The van der Waals surface area contributed by atoms with E-state index in [1.54, 1.807) is 18.0 Å². The van der Waals surface area contributed by atoms with E-state index < -0.39 is 0 Å². The lowest BCUT2D eigenvalue weighted by Gasteiger charge is -2.34.